The Hall–Kier alpha value is -2.26. The molecule has 0 heterocycles. The minimum absolute atomic E-state index is 0.169. The first-order valence-corrected chi connectivity index (χ1v) is 7.24. The van der Waals surface area contributed by atoms with Crippen molar-refractivity contribution in [3.63, 3.8) is 0 Å². The van der Waals surface area contributed by atoms with Crippen molar-refractivity contribution in [1.29, 1.82) is 0 Å². The fourth-order valence-electron chi connectivity index (χ4n) is 1.89. The van der Waals surface area contributed by atoms with Gasteiger partial charge in [-0.25, -0.2) is 4.79 Å². The highest BCUT2D eigenvalue weighted by atomic mass is 35.5. The number of hydrogen-bond donors (Lipinski definition) is 0. The number of aryl methyl sites for hydroxylation is 1. The van der Waals surface area contributed by atoms with E-state index in [1.807, 2.05) is 31.2 Å². The van der Waals surface area contributed by atoms with E-state index in [1.165, 1.54) is 6.08 Å². The summed E-state index contributed by atoms with van der Waals surface area (Å²) in [6, 6.07) is 12.8. The molecule has 22 heavy (non-hydrogen) atoms. The minimum Gasteiger partial charge on any atom is -0.487 e. The lowest BCUT2D eigenvalue weighted by molar-refractivity contribution is 0.0549. The van der Waals surface area contributed by atoms with Crippen molar-refractivity contribution in [3.05, 3.63) is 76.8 Å². The molecule has 0 spiro atoms. The molecule has 4 heteroatoms. The molecule has 3 nitrogen and oxygen atoms in total. The molecule has 0 aromatic heterocycles. The summed E-state index contributed by atoms with van der Waals surface area (Å²) in [4.78, 5) is 11.7. The molecule has 0 radical (unpaired) electrons. The van der Waals surface area contributed by atoms with E-state index < -0.39 is 5.97 Å². The molecular weight excluding hydrogens is 300 g/mol. The Morgan fingerprint density at radius 1 is 1.27 bits per heavy atom. The van der Waals surface area contributed by atoms with Gasteiger partial charge in [-0.05, 0) is 36.2 Å². The first kappa shape index (κ1) is 16.1. The predicted octanol–water partition coefficient (Wildman–Crippen LogP) is 4.57. The van der Waals surface area contributed by atoms with Crippen LogP contribution < -0.4 is 4.74 Å². The molecular formula is C18H17ClO3. The maximum atomic E-state index is 11.7. The van der Waals surface area contributed by atoms with Gasteiger partial charge in [0, 0.05) is 0 Å². The van der Waals surface area contributed by atoms with E-state index in [-0.39, 0.29) is 6.61 Å². The zero-order valence-corrected chi connectivity index (χ0v) is 13.1. The van der Waals surface area contributed by atoms with Crippen LogP contribution in [0.5, 0.6) is 5.75 Å². The van der Waals surface area contributed by atoms with Crippen LogP contribution in [0, 0.1) is 6.92 Å². The van der Waals surface area contributed by atoms with Gasteiger partial charge >= 0.3 is 5.97 Å². The van der Waals surface area contributed by atoms with Crippen LogP contribution in [-0.4, -0.2) is 12.6 Å². The zero-order valence-electron chi connectivity index (χ0n) is 12.3. The molecule has 2 aromatic carbocycles. The maximum Gasteiger partial charge on any atom is 0.338 e. The molecule has 0 amide bonds. The van der Waals surface area contributed by atoms with Crippen LogP contribution >= 0.6 is 11.6 Å². The predicted molar refractivity (Wildman–Crippen MR) is 87.4 cm³/mol. The molecule has 114 valence electrons. The van der Waals surface area contributed by atoms with Gasteiger partial charge in [0.15, 0.2) is 0 Å². The maximum absolute atomic E-state index is 11.7. The van der Waals surface area contributed by atoms with Crippen molar-refractivity contribution in [2.45, 2.75) is 13.5 Å². The number of ether oxygens (including phenoxy) is 2. The third-order valence-electron chi connectivity index (χ3n) is 3.14. The lowest BCUT2D eigenvalue weighted by Gasteiger charge is -2.11. The van der Waals surface area contributed by atoms with Gasteiger partial charge in [0.1, 0.15) is 19.0 Å². The van der Waals surface area contributed by atoms with Crippen molar-refractivity contribution < 1.29 is 14.3 Å². The third-order valence-corrected chi connectivity index (χ3v) is 3.44. The van der Waals surface area contributed by atoms with Crippen LogP contribution in [0.4, 0.5) is 0 Å². The monoisotopic (exact) mass is 316 g/mol. The van der Waals surface area contributed by atoms with Crippen molar-refractivity contribution in [1.82, 2.24) is 0 Å². The number of benzene rings is 2. The number of carbonyl (C=O) groups excluding carboxylic acids is 1. The second-order valence-corrected chi connectivity index (χ2v) is 5.15. The largest absolute Gasteiger partial charge is 0.487 e. The lowest BCUT2D eigenvalue weighted by atomic mass is 10.1. The molecule has 2 aromatic rings. The molecule has 0 saturated heterocycles. The summed E-state index contributed by atoms with van der Waals surface area (Å²) in [5.74, 6) is 0.0949. The lowest BCUT2D eigenvalue weighted by Crippen LogP contribution is -2.05. The van der Waals surface area contributed by atoms with Gasteiger partial charge in [-0.1, -0.05) is 48.5 Å². The summed E-state index contributed by atoms with van der Waals surface area (Å²) in [5, 5.41) is 0.377. The molecule has 0 aliphatic heterocycles. The Morgan fingerprint density at radius 3 is 2.73 bits per heavy atom. The van der Waals surface area contributed by atoms with Gasteiger partial charge in [0.2, 0.25) is 0 Å². The van der Waals surface area contributed by atoms with Crippen LogP contribution in [0.25, 0.3) is 0 Å². The Morgan fingerprint density at radius 2 is 2.05 bits per heavy atom. The smallest absolute Gasteiger partial charge is 0.338 e. The second-order valence-electron chi connectivity index (χ2n) is 4.75. The summed E-state index contributed by atoms with van der Waals surface area (Å²) in [6.45, 7) is 6.11. The van der Waals surface area contributed by atoms with E-state index >= 15 is 0 Å². The first-order valence-electron chi connectivity index (χ1n) is 6.86. The Bertz CT molecular complexity index is 680. The molecule has 0 unspecified atom stereocenters. The minimum atomic E-state index is -0.438. The molecule has 0 bridgehead atoms. The summed E-state index contributed by atoms with van der Waals surface area (Å²) < 4.78 is 10.7. The SMILES string of the molecule is C=CCOC(=O)c1ccc(OCc2ccccc2C)c(Cl)c1. The molecule has 0 aliphatic rings. The van der Waals surface area contributed by atoms with Gasteiger partial charge in [-0.3, -0.25) is 0 Å². The van der Waals surface area contributed by atoms with E-state index in [9.17, 15) is 4.79 Å². The number of hydrogen-bond acceptors (Lipinski definition) is 3. The summed E-state index contributed by atoms with van der Waals surface area (Å²) >= 11 is 6.16. The average Bonchev–Trinajstić information content (AvgIpc) is 2.52. The Labute approximate surface area is 135 Å². The van der Waals surface area contributed by atoms with E-state index in [2.05, 4.69) is 6.58 Å². The van der Waals surface area contributed by atoms with Gasteiger partial charge < -0.3 is 9.47 Å². The molecule has 0 aliphatic carbocycles. The van der Waals surface area contributed by atoms with Crippen LogP contribution in [-0.2, 0) is 11.3 Å². The fraction of sp³-hybridized carbons (Fsp3) is 0.167. The standard InChI is InChI=1S/C18H17ClO3/c1-3-10-21-18(20)14-8-9-17(16(19)11-14)22-12-15-7-5-4-6-13(15)2/h3-9,11H,1,10,12H2,2H3. The van der Waals surface area contributed by atoms with Crippen LogP contribution in [0.2, 0.25) is 5.02 Å². The highest BCUT2D eigenvalue weighted by Crippen LogP contribution is 2.27. The van der Waals surface area contributed by atoms with E-state index in [0.29, 0.717) is 22.9 Å². The highest BCUT2D eigenvalue weighted by molar-refractivity contribution is 6.32. The highest BCUT2D eigenvalue weighted by Gasteiger charge is 2.10. The van der Waals surface area contributed by atoms with Gasteiger partial charge in [0.05, 0.1) is 10.6 Å². The topological polar surface area (TPSA) is 35.5 Å². The van der Waals surface area contributed by atoms with E-state index in [4.69, 9.17) is 21.1 Å². The molecule has 2 rings (SSSR count). The van der Waals surface area contributed by atoms with Gasteiger partial charge in [-0.15, -0.1) is 0 Å². The van der Waals surface area contributed by atoms with Crippen molar-refractivity contribution in [2.75, 3.05) is 6.61 Å². The van der Waals surface area contributed by atoms with E-state index in [0.717, 1.165) is 11.1 Å². The van der Waals surface area contributed by atoms with E-state index in [1.54, 1.807) is 18.2 Å². The number of halogens is 1. The number of carbonyl (C=O) groups is 1. The van der Waals surface area contributed by atoms with Crippen LogP contribution in [0.3, 0.4) is 0 Å². The molecule has 0 saturated carbocycles. The van der Waals surface area contributed by atoms with Gasteiger partial charge in [-0.2, -0.15) is 0 Å². The number of rotatable bonds is 6. The van der Waals surface area contributed by atoms with Gasteiger partial charge in [0.25, 0.3) is 0 Å². The quantitative estimate of drug-likeness (QED) is 0.578. The molecule has 0 N–H and O–H groups in total. The molecule has 0 fully saturated rings. The van der Waals surface area contributed by atoms with Crippen molar-refractivity contribution >= 4 is 17.6 Å². The van der Waals surface area contributed by atoms with Crippen molar-refractivity contribution in [3.8, 4) is 5.75 Å². The average molecular weight is 317 g/mol. The van der Waals surface area contributed by atoms with Crippen LogP contribution in [0.1, 0.15) is 21.5 Å². The Balaban J connectivity index is 2.05. The zero-order chi connectivity index (χ0) is 15.9. The number of esters is 1. The Kier molecular flexibility index (Phi) is 5.61. The summed E-state index contributed by atoms with van der Waals surface area (Å²) in [6.07, 6.45) is 1.51. The van der Waals surface area contributed by atoms with Crippen molar-refractivity contribution in [2.24, 2.45) is 0 Å². The normalized spacial score (nSPS) is 10.1. The summed E-state index contributed by atoms with van der Waals surface area (Å²) in [5.41, 5.74) is 2.63. The first-order chi connectivity index (χ1) is 10.6. The fourth-order valence-corrected chi connectivity index (χ4v) is 2.13. The second kappa shape index (κ2) is 7.66. The third kappa shape index (κ3) is 4.12. The van der Waals surface area contributed by atoms with Crippen LogP contribution in [0.15, 0.2) is 55.1 Å². The summed E-state index contributed by atoms with van der Waals surface area (Å²) in [7, 11) is 0. The molecule has 0 atom stereocenters.